The van der Waals surface area contributed by atoms with Crippen molar-refractivity contribution in [2.75, 3.05) is 11.9 Å². The van der Waals surface area contributed by atoms with Crippen molar-refractivity contribution in [1.29, 1.82) is 0 Å². The molecular weight excluding hydrogens is 268 g/mol. The number of carbonyl (C=O) groups excluding carboxylic acids is 1. The number of anilines is 1. The van der Waals surface area contributed by atoms with Gasteiger partial charge in [-0.25, -0.2) is 9.59 Å². The van der Waals surface area contributed by atoms with Gasteiger partial charge in [0.2, 0.25) is 0 Å². The zero-order chi connectivity index (χ0) is 14.3. The molecule has 0 spiro atoms. The number of aromatic carboxylic acids is 1. The van der Waals surface area contributed by atoms with Crippen LogP contribution in [-0.2, 0) is 0 Å². The molecule has 0 unspecified atom stereocenters. The Morgan fingerprint density at radius 3 is 2.63 bits per heavy atom. The molecule has 0 aromatic heterocycles. The summed E-state index contributed by atoms with van der Waals surface area (Å²) in [6.45, 7) is 2.69. The topological polar surface area (TPSA) is 78.4 Å². The van der Waals surface area contributed by atoms with E-state index in [0.29, 0.717) is 12.2 Å². The van der Waals surface area contributed by atoms with Gasteiger partial charge in [-0.3, -0.25) is 0 Å². The number of nitrogens with one attached hydrogen (secondary N) is 2. The van der Waals surface area contributed by atoms with Crippen LogP contribution < -0.4 is 10.6 Å². The van der Waals surface area contributed by atoms with Gasteiger partial charge in [0.1, 0.15) is 0 Å². The van der Waals surface area contributed by atoms with E-state index in [4.69, 9.17) is 16.7 Å². The summed E-state index contributed by atoms with van der Waals surface area (Å²) in [6.07, 6.45) is 3.08. The number of hydrogen-bond acceptors (Lipinski definition) is 2. The first-order chi connectivity index (χ1) is 9.04. The molecule has 0 aliphatic rings. The summed E-state index contributed by atoms with van der Waals surface area (Å²) in [4.78, 5) is 22.3. The Morgan fingerprint density at radius 1 is 1.32 bits per heavy atom. The second kappa shape index (κ2) is 7.63. The first kappa shape index (κ1) is 15.3. The average Bonchev–Trinajstić information content (AvgIpc) is 2.37. The van der Waals surface area contributed by atoms with E-state index in [1.165, 1.54) is 18.2 Å². The zero-order valence-electron chi connectivity index (χ0n) is 10.7. The monoisotopic (exact) mass is 284 g/mol. The number of amides is 2. The lowest BCUT2D eigenvalue weighted by atomic mass is 10.2. The summed E-state index contributed by atoms with van der Waals surface area (Å²) in [5.41, 5.74) is 0.471. The summed E-state index contributed by atoms with van der Waals surface area (Å²) >= 11 is 5.90. The van der Waals surface area contributed by atoms with Crippen molar-refractivity contribution in [2.45, 2.75) is 26.2 Å². The normalized spacial score (nSPS) is 10.0. The molecule has 3 N–H and O–H groups in total. The summed E-state index contributed by atoms with van der Waals surface area (Å²) < 4.78 is 0. The molecule has 0 aliphatic carbocycles. The Morgan fingerprint density at radius 2 is 2.05 bits per heavy atom. The molecule has 0 fully saturated rings. The lowest BCUT2D eigenvalue weighted by Gasteiger charge is -2.09. The van der Waals surface area contributed by atoms with Gasteiger partial charge in [-0.15, -0.1) is 0 Å². The fourth-order valence-electron chi connectivity index (χ4n) is 1.49. The van der Waals surface area contributed by atoms with E-state index in [1.807, 2.05) is 0 Å². The Kier molecular flexibility index (Phi) is 6.15. The van der Waals surface area contributed by atoms with Crippen LogP contribution in [0, 0.1) is 0 Å². The highest BCUT2D eigenvalue weighted by Gasteiger charge is 2.09. The van der Waals surface area contributed by atoms with Crippen LogP contribution >= 0.6 is 11.6 Å². The maximum Gasteiger partial charge on any atom is 0.335 e. The highest BCUT2D eigenvalue weighted by atomic mass is 35.5. The van der Waals surface area contributed by atoms with E-state index in [2.05, 4.69) is 17.6 Å². The van der Waals surface area contributed by atoms with Crippen LogP contribution in [0.15, 0.2) is 18.2 Å². The fourth-order valence-corrected chi connectivity index (χ4v) is 1.72. The number of carboxylic acids is 1. The molecule has 1 aromatic rings. The second-order valence-corrected chi connectivity index (χ2v) is 4.49. The van der Waals surface area contributed by atoms with Crippen LogP contribution in [0.3, 0.4) is 0 Å². The molecule has 0 bridgehead atoms. The Hall–Kier alpha value is -1.75. The van der Waals surface area contributed by atoms with E-state index >= 15 is 0 Å². The number of unbranched alkanes of at least 4 members (excludes halogenated alkanes) is 2. The summed E-state index contributed by atoms with van der Waals surface area (Å²) in [5, 5.41) is 14.3. The van der Waals surface area contributed by atoms with E-state index in [1.54, 1.807) is 0 Å². The number of carbonyl (C=O) groups is 2. The van der Waals surface area contributed by atoms with Gasteiger partial charge in [0.25, 0.3) is 0 Å². The third-order valence-corrected chi connectivity index (χ3v) is 2.84. The largest absolute Gasteiger partial charge is 0.478 e. The van der Waals surface area contributed by atoms with Crippen LogP contribution in [-0.4, -0.2) is 23.7 Å². The smallest absolute Gasteiger partial charge is 0.335 e. The predicted molar refractivity (Wildman–Crippen MR) is 75.0 cm³/mol. The SMILES string of the molecule is CCCCCNC(=O)Nc1ccc(C(=O)O)cc1Cl. The van der Waals surface area contributed by atoms with E-state index < -0.39 is 5.97 Å². The lowest BCUT2D eigenvalue weighted by molar-refractivity contribution is 0.0697. The van der Waals surface area contributed by atoms with E-state index in [9.17, 15) is 9.59 Å². The maximum atomic E-state index is 11.5. The molecule has 6 heteroatoms. The number of hydrogen-bond donors (Lipinski definition) is 3. The van der Waals surface area contributed by atoms with Crippen molar-refractivity contribution >= 4 is 29.3 Å². The molecule has 1 rings (SSSR count). The number of urea groups is 1. The van der Waals surface area contributed by atoms with Gasteiger partial charge in [0, 0.05) is 6.54 Å². The summed E-state index contributed by atoms with van der Waals surface area (Å²) in [7, 11) is 0. The minimum absolute atomic E-state index is 0.0823. The van der Waals surface area contributed by atoms with Gasteiger partial charge in [-0.2, -0.15) is 0 Å². The quantitative estimate of drug-likeness (QED) is 0.701. The minimum atomic E-state index is -1.06. The lowest BCUT2D eigenvalue weighted by Crippen LogP contribution is -2.29. The first-order valence-electron chi connectivity index (χ1n) is 6.12. The Balaban J connectivity index is 2.52. The number of benzene rings is 1. The molecule has 0 saturated carbocycles. The van der Waals surface area contributed by atoms with Crippen molar-refractivity contribution in [1.82, 2.24) is 5.32 Å². The molecule has 1 aromatic carbocycles. The van der Waals surface area contributed by atoms with Gasteiger partial charge in [-0.05, 0) is 24.6 Å². The number of rotatable bonds is 6. The van der Waals surface area contributed by atoms with Crippen LogP contribution in [0.5, 0.6) is 0 Å². The van der Waals surface area contributed by atoms with Gasteiger partial charge in [0.05, 0.1) is 16.3 Å². The minimum Gasteiger partial charge on any atom is -0.478 e. The third kappa shape index (κ3) is 5.18. The molecule has 5 nitrogen and oxygen atoms in total. The maximum absolute atomic E-state index is 11.5. The molecule has 0 radical (unpaired) electrons. The summed E-state index contributed by atoms with van der Waals surface area (Å²) in [6, 6.07) is 3.82. The average molecular weight is 285 g/mol. The molecule has 0 aliphatic heterocycles. The Labute approximate surface area is 117 Å². The van der Waals surface area contributed by atoms with Gasteiger partial charge in [0.15, 0.2) is 0 Å². The predicted octanol–water partition coefficient (Wildman–Crippen LogP) is 3.35. The molecule has 104 valence electrons. The van der Waals surface area contributed by atoms with Gasteiger partial charge < -0.3 is 15.7 Å². The van der Waals surface area contributed by atoms with Crippen LogP contribution in [0.1, 0.15) is 36.5 Å². The standard InChI is InChI=1S/C13H17ClN2O3/c1-2-3-4-7-15-13(19)16-11-6-5-9(12(17)18)8-10(11)14/h5-6,8H,2-4,7H2,1H3,(H,17,18)(H2,15,16,19). The van der Waals surface area contributed by atoms with E-state index in [0.717, 1.165) is 19.3 Å². The fraction of sp³-hybridized carbons (Fsp3) is 0.385. The molecule has 19 heavy (non-hydrogen) atoms. The van der Waals surface area contributed by atoms with Crippen molar-refractivity contribution in [2.24, 2.45) is 0 Å². The zero-order valence-corrected chi connectivity index (χ0v) is 11.5. The highest BCUT2D eigenvalue weighted by molar-refractivity contribution is 6.34. The number of carboxylic acid groups (broad SMARTS) is 1. The molecule has 2 amide bonds. The molecule has 0 heterocycles. The second-order valence-electron chi connectivity index (χ2n) is 4.09. The van der Waals surface area contributed by atoms with Crippen LogP contribution in [0.25, 0.3) is 0 Å². The molecule has 0 saturated heterocycles. The van der Waals surface area contributed by atoms with Crippen molar-refractivity contribution in [3.05, 3.63) is 28.8 Å². The summed E-state index contributed by atoms with van der Waals surface area (Å²) in [5.74, 6) is -1.06. The molecular formula is C13H17ClN2O3. The highest BCUT2D eigenvalue weighted by Crippen LogP contribution is 2.22. The Bertz CT molecular complexity index is 463. The first-order valence-corrected chi connectivity index (χ1v) is 6.50. The third-order valence-electron chi connectivity index (χ3n) is 2.53. The van der Waals surface area contributed by atoms with Gasteiger partial charge in [-0.1, -0.05) is 31.4 Å². The van der Waals surface area contributed by atoms with Gasteiger partial charge >= 0.3 is 12.0 Å². The van der Waals surface area contributed by atoms with Crippen LogP contribution in [0.2, 0.25) is 5.02 Å². The number of halogens is 1. The molecule has 0 atom stereocenters. The van der Waals surface area contributed by atoms with Crippen molar-refractivity contribution in [3.63, 3.8) is 0 Å². The van der Waals surface area contributed by atoms with Crippen molar-refractivity contribution < 1.29 is 14.7 Å². The van der Waals surface area contributed by atoms with E-state index in [-0.39, 0.29) is 16.6 Å². The van der Waals surface area contributed by atoms with Crippen LogP contribution in [0.4, 0.5) is 10.5 Å². The van der Waals surface area contributed by atoms with Crippen molar-refractivity contribution in [3.8, 4) is 0 Å².